The van der Waals surface area contributed by atoms with E-state index in [0.29, 0.717) is 13.0 Å². The molecule has 2 aromatic heterocycles. The third-order valence-corrected chi connectivity index (χ3v) is 4.89. The average Bonchev–Trinajstić information content (AvgIpc) is 3.30. The van der Waals surface area contributed by atoms with Crippen LogP contribution in [0.3, 0.4) is 0 Å². The van der Waals surface area contributed by atoms with Crippen LogP contribution in [0, 0.1) is 0 Å². The Balaban J connectivity index is 1.40. The lowest BCUT2D eigenvalue weighted by atomic mass is 10.1. The summed E-state index contributed by atoms with van der Waals surface area (Å²) in [6.45, 7) is 2.45. The standard InChI is InChI=1S/C20H23N5O/c1-24-14-15(17-6-2-3-7-18(17)24)12-19(26)22-13-16-8-9-21-20(23-16)25-10-4-5-11-25/h2-3,6-9,14H,4-5,10-13H2,1H3,(H,22,26). The zero-order valence-corrected chi connectivity index (χ0v) is 15.0. The van der Waals surface area contributed by atoms with Gasteiger partial charge in [0.15, 0.2) is 0 Å². The molecule has 0 spiro atoms. The van der Waals surface area contributed by atoms with E-state index in [1.54, 1.807) is 6.20 Å². The maximum absolute atomic E-state index is 12.4. The van der Waals surface area contributed by atoms with Gasteiger partial charge in [-0.3, -0.25) is 4.79 Å². The number of amides is 1. The van der Waals surface area contributed by atoms with E-state index in [0.717, 1.165) is 41.2 Å². The number of aryl methyl sites for hydroxylation is 1. The highest BCUT2D eigenvalue weighted by Crippen LogP contribution is 2.20. The second-order valence-electron chi connectivity index (χ2n) is 6.78. The Hall–Kier alpha value is -2.89. The molecular formula is C20H23N5O. The molecule has 1 fully saturated rings. The molecule has 0 saturated carbocycles. The number of carbonyl (C=O) groups is 1. The number of rotatable bonds is 5. The second-order valence-corrected chi connectivity index (χ2v) is 6.78. The molecule has 0 atom stereocenters. The first-order valence-electron chi connectivity index (χ1n) is 9.07. The Morgan fingerprint density at radius 1 is 1.19 bits per heavy atom. The molecule has 1 aromatic carbocycles. The number of aromatic nitrogens is 3. The van der Waals surface area contributed by atoms with Crippen molar-refractivity contribution in [2.24, 2.45) is 7.05 Å². The van der Waals surface area contributed by atoms with Crippen LogP contribution < -0.4 is 10.2 Å². The Kier molecular flexibility index (Phi) is 4.56. The predicted molar refractivity (Wildman–Crippen MR) is 102 cm³/mol. The summed E-state index contributed by atoms with van der Waals surface area (Å²) in [4.78, 5) is 23.5. The van der Waals surface area contributed by atoms with E-state index in [-0.39, 0.29) is 5.91 Å². The molecule has 134 valence electrons. The van der Waals surface area contributed by atoms with Crippen molar-refractivity contribution < 1.29 is 4.79 Å². The molecule has 1 saturated heterocycles. The lowest BCUT2D eigenvalue weighted by Crippen LogP contribution is -2.26. The minimum Gasteiger partial charge on any atom is -0.350 e. The normalized spacial score (nSPS) is 14.1. The SMILES string of the molecule is Cn1cc(CC(=O)NCc2ccnc(N3CCCC3)n2)c2ccccc21. The zero-order chi connectivity index (χ0) is 17.9. The smallest absolute Gasteiger partial charge is 0.225 e. The van der Waals surface area contributed by atoms with E-state index in [4.69, 9.17) is 0 Å². The number of carbonyl (C=O) groups excluding carboxylic acids is 1. The van der Waals surface area contributed by atoms with Gasteiger partial charge >= 0.3 is 0 Å². The summed E-state index contributed by atoms with van der Waals surface area (Å²) < 4.78 is 2.06. The van der Waals surface area contributed by atoms with Gasteiger partial charge in [0.1, 0.15) is 0 Å². The van der Waals surface area contributed by atoms with Gasteiger partial charge in [-0.15, -0.1) is 0 Å². The molecule has 0 unspecified atom stereocenters. The van der Waals surface area contributed by atoms with E-state index in [1.807, 2.05) is 31.4 Å². The Morgan fingerprint density at radius 3 is 2.85 bits per heavy atom. The molecule has 3 aromatic rings. The maximum Gasteiger partial charge on any atom is 0.225 e. The van der Waals surface area contributed by atoms with Gasteiger partial charge in [-0.2, -0.15) is 0 Å². The lowest BCUT2D eigenvalue weighted by molar-refractivity contribution is -0.120. The van der Waals surface area contributed by atoms with Crippen LogP contribution in [0.25, 0.3) is 10.9 Å². The number of nitrogens with one attached hydrogen (secondary N) is 1. The van der Waals surface area contributed by atoms with E-state index in [2.05, 4.69) is 36.9 Å². The highest BCUT2D eigenvalue weighted by Gasteiger charge is 2.15. The molecular weight excluding hydrogens is 326 g/mol. The number of nitrogens with zero attached hydrogens (tertiary/aromatic N) is 4. The summed E-state index contributed by atoms with van der Waals surface area (Å²) in [6.07, 6.45) is 6.55. The largest absolute Gasteiger partial charge is 0.350 e. The number of fused-ring (bicyclic) bond motifs is 1. The van der Waals surface area contributed by atoms with Gasteiger partial charge in [0.2, 0.25) is 11.9 Å². The fourth-order valence-electron chi connectivity index (χ4n) is 3.54. The number of para-hydroxylation sites is 1. The van der Waals surface area contributed by atoms with Crippen LogP contribution in [0.1, 0.15) is 24.1 Å². The van der Waals surface area contributed by atoms with Crippen LogP contribution in [0.2, 0.25) is 0 Å². The topological polar surface area (TPSA) is 63.1 Å². The van der Waals surface area contributed by atoms with Gasteiger partial charge in [-0.25, -0.2) is 9.97 Å². The van der Waals surface area contributed by atoms with Crippen molar-refractivity contribution in [1.82, 2.24) is 19.9 Å². The van der Waals surface area contributed by atoms with Crippen LogP contribution in [0.15, 0.2) is 42.7 Å². The van der Waals surface area contributed by atoms with Crippen LogP contribution in [0.5, 0.6) is 0 Å². The number of benzene rings is 1. The average molecular weight is 349 g/mol. The van der Waals surface area contributed by atoms with E-state index in [9.17, 15) is 4.79 Å². The molecule has 1 aliphatic heterocycles. The quantitative estimate of drug-likeness (QED) is 0.768. The Morgan fingerprint density at radius 2 is 2.00 bits per heavy atom. The van der Waals surface area contributed by atoms with E-state index in [1.165, 1.54) is 12.8 Å². The molecule has 6 heteroatoms. The van der Waals surface area contributed by atoms with Gasteiger partial charge in [0.25, 0.3) is 0 Å². The highest BCUT2D eigenvalue weighted by atomic mass is 16.1. The third-order valence-electron chi connectivity index (χ3n) is 4.89. The predicted octanol–water partition coefficient (Wildman–Crippen LogP) is 2.43. The fourth-order valence-corrected chi connectivity index (χ4v) is 3.54. The van der Waals surface area contributed by atoms with Crippen molar-refractivity contribution in [2.75, 3.05) is 18.0 Å². The molecule has 1 N–H and O–H groups in total. The Labute approximate surface area is 152 Å². The molecule has 3 heterocycles. The van der Waals surface area contributed by atoms with Gasteiger partial charge in [-0.05, 0) is 30.5 Å². The summed E-state index contributed by atoms with van der Waals surface area (Å²) in [5, 5.41) is 4.11. The monoisotopic (exact) mass is 349 g/mol. The fraction of sp³-hybridized carbons (Fsp3) is 0.350. The lowest BCUT2D eigenvalue weighted by Gasteiger charge is -2.15. The number of hydrogen-bond donors (Lipinski definition) is 1. The molecule has 4 rings (SSSR count). The van der Waals surface area contributed by atoms with Crippen molar-refractivity contribution in [2.45, 2.75) is 25.8 Å². The van der Waals surface area contributed by atoms with Crippen LogP contribution in [-0.4, -0.2) is 33.5 Å². The highest BCUT2D eigenvalue weighted by molar-refractivity contribution is 5.89. The van der Waals surface area contributed by atoms with Gasteiger partial charge in [0.05, 0.1) is 18.7 Å². The molecule has 1 aliphatic rings. The summed E-state index contributed by atoms with van der Waals surface area (Å²) in [5.74, 6) is 0.769. The van der Waals surface area contributed by atoms with Crippen molar-refractivity contribution in [1.29, 1.82) is 0 Å². The third kappa shape index (κ3) is 3.40. The minimum atomic E-state index is 0.00249. The summed E-state index contributed by atoms with van der Waals surface area (Å²) in [6, 6.07) is 10.0. The Bertz CT molecular complexity index is 927. The number of hydrogen-bond acceptors (Lipinski definition) is 4. The molecule has 26 heavy (non-hydrogen) atoms. The first kappa shape index (κ1) is 16.6. The van der Waals surface area contributed by atoms with Crippen molar-refractivity contribution >= 4 is 22.8 Å². The molecule has 0 radical (unpaired) electrons. The van der Waals surface area contributed by atoms with Crippen molar-refractivity contribution in [3.63, 3.8) is 0 Å². The minimum absolute atomic E-state index is 0.00249. The van der Waals surface area contributed by atoms with Crippen molar-refractivity contribution in [3.8, 4) is 0 Å². The zero-order valence-electron chi connectivity index (χ0n) is 15.0. The van der Waals surface area contributed by atoms with E-state index >= 15 is 0 Å². The molecule has 0 aliphatic carbocycles. The maximum atomic E-state index is 12.4. The summed E-state index contributed by atoms with van der Waals surface area (Å²) >= 11 is 0. The summed E-state index contributed by atoms with van der Waals surface area (Å²) in [7, 11) is 2.00. The van der Waals surface area contributed by atoms with Crippen molar-refractivity contribution in [3.05, 3.63) is 54.0 Å². The first-order chi connectivity index (χ1) is 12.7. The van der Waals surface area contributed by atoms with Crippen LogP contribution in [-0.2, 0) is 24.8 Å². The van der Waals surface area contributed by atoms with Gasteiger partial charge < -0.3 is 14.8 Å². The number of anilines is 1. The second kappa shape index (κ2) is 7.15. The molecule has 0 bridgehead atoms. The first-order valence-corrected chi connectivity index (χ1v) is 9.07. The van der Waals surface area contributed by atoms with Crippen LogP contribution in [0.4, 0.5) is 5.95 Å². The molecule has 1 amide bonds. The van der Waals surface area contributed by atoms with Gasteiger partial charge in [-0.1, -0.05) is 18.2 Å². The van der Waals surface area contributed by atoms with Crippen LogP contribution >= 0.6 is 0 Å². The summed E-state index contributed by atoms with van der Waals surface area (Å²) in [5.41, 5.74) is 3.02. The molecule has 6 nitrogen and oxygen atoms in total. The van der Waals surface area contributed by atoms with E-state index < -0.39 is 0 Å². The van der Waals surface area contributed by atoms with Gasteiger partial charge in [0, 0.05) is 43.4 Å².